The van der Waals surface area contributed by atoms with Crippen molar-refractivity contribution < 1.29 is 16.8 Å². The summed E-state index contributed by atoms with van der Waals surface area (Å²) in [4.78, 5) is 0.200. The third kappa shape index (κ3) is 3.82. The summed E-state index contributed by atoms with van der Waals surface area (Å²) in [6, 6.07) is 4.98. The minimum Gasteiger partial charge on any atom is -0.326 e. The van der Waals surface area contributed by atoms with Crippen LogP contribution in [-0.2, 0) is 26.4 Å². The van der Waals surface area contributed by atoms with Crippen molar-refractivity contribution in [2.75, 3.05) is 18.1 Å². The summed E-state index contributed by atoms with van der Waals surface area (Å²) >= 11 is 0. The Kier molecular flexibility index (Phi) is 4.72. The van der Waals surface area contributed by atoms with Crippen LogP contribution in [0.25, 0.3) is 0 Å². The number of hydrogen-bond acceptors (Lipinski definition) is 5. The predicted molar refractivity (Wildman–Crippen MR) is 81.0 cm³/mol. The summed E-state index contributed by atoms with van der Waals surface area (Å²) in [6.07, 6.45) is 0.507. The van der Waals surface area contributed by atoms with Crippen LogP contribution in [0.1, 0.15) is 17.5 Å². The van der Waals surface area contributed by atoms with E-state index in [0.29, 0.717) is 12.0 Å². The maximum absolute atomic E-state index is 12.3. The Labute approximate surface area is 125 Å². The van der Waals surface area contributed by atoms with E-state index in [1.54, 1.807) is 19.1 Å². The first-order valence-corrected chi connectivity index (χ1v) is 10.0. The molecule has 1 fully saturated rings. The van der Waals surface area contributed by atoms with Crippen LogP contribution in [0.5, 0.6) is 0 Å². The molecule has 1 aliphatic heterocycles. The summed E-state index contributed by atoms with van der Waals surface area (Å²) in [5, 5.41) is 0. The quantitative estimate of drug-likeness (QED) is 0.799. The molecule has 0 bridgehead atoms. The van der Waals surface area contributed by atoms with Crippen LogP contribution in [0.2, 0.25) is 0 Å². The first-order chi connectivity index (χ1) is 9.75. The van der Waals surface area contributed by atoms with Gasteiger partial charge >= 0.3 is 0 Å². The maximum Gasteiger partial charge on any atom is 0.240 e. The van der Waals surface area contributed by atoms with E-state index in [1.807, 2.05) is 0 Å². The predicted octanol–water partition coefficient (Wildman–Crippen LogP) is 0.167. The van der Waals surface area contributed by atoms with Crippen molar-refractivity contribution in [1.82, 2.24) is 4.72 Å². The van der Waals surface area contributed by atoms with Crippen LogP contribution in [0.15, 0.2) is 23.1 Å². The number of hydrogen-bond donors (Lipinski definition) is 2. The van der Waals surface area contributed by atoms with E-state index < -0.39 is 19.9 Å². The van der Waals surface area contributed by atoms with Gasteiger partial charge in [-0.3, -0.25) is 0 Å². The Morgan fingerprint density at radius 1 is 1.38 bits per heavy atom. The van der Waals surface area contributed by atoms with Gasteiger partial charge in [0.1, 0.15) is 0 Å². The molecule has 1 aliphatic rings. The number of nitrogens with one attached hydrogen (secondary N) is 1. The highest BCUT2D eigenvalue weighted by Gasteiger charge is 2.29. The van der Waals surface area contributed by atoms with Gasteiger partial charge in [-0.1, -0.05) is 12.1 Å². The fourth-order valence-corrected chi connectivity index (χ4v) is 5.77. The molecule has 118 valence electrons. The van der Waals surface area contributed by atoms with Gasteiger partial charge in [-0.25, -0.2) is 21.6 Å². The highest BCUT2D eigenvalue weighted by Crippen LogP contribution is 2.21. The summed E-state index contributed by atoms with van der Waals surface area (Å²) in [5.41, 5.74) is 6.99. The van der Waals surface area contributed by atoms with Gasteiger partial charge in [0.25, 0.3) is 0 Å². The van der Waals surface area contributed by atoms with Gasteiger partial charge in [-0.05, 0) is 36.5 Å². The van der Waals surface area contributed by atoms with Gasteiger partial charge in [0.15, 0.2) is 9.84 Å². The van der Waals surface area contributed by atoms with E-state index in [4.69, 9.17) is 5.73 Å². The first kappa shape index (κ1) is 16.4. The van der Waals surface area contributed by atoms with E-state index in [-0.39, 0.29) is 35.4 Å². The third-order valence-corrected chi connectivity index (χ3v) is 7.20. The number of rotatable bonds is 5. The average Bonchev–Trinajstić information content (AvgIpc) is 2.76. The number of sulfonamides is 1. The van der Waals surface area contributed by atoms with E-state index in [0.717, 1.165) is 5.56 Å². The van der Waals surface area contributed by atoms with Crippen LogP contribution < -0.4 is 10.5 Å². The minimum atomic E-state index is -3.65. The van der Waals surface area contributed by atoms with Crippen LogP contribution in [0, 0.1) is 12.8 Å². The molecule has 3 N–H and O–H groups in total. The topological polar surface area (TPSA) is 106 Å². The van der Waals surface area contributed by atoms with Crippen LogP contribution in [0.4, 0.5) is 0 Å². The zero-order valence-electron chi connectivity index (χ0n) is 11.9. The molecule has 0 amide bonds. The standard InChI is InChI=1S/C13H20N2O4S2/c1-10-12(7-14)3-2-4-13(10)21(18,19)15-8-11-5-6-20(16,17)9-11/h2-4,11,15H,5-9,14H2,1H3. The summed E-state index contributed by atoms with van der Waals surface area (Å²) in [5.74, 6) is 0.0427. The van der Waals surface area contributed by atoms with Crippen molar-refractivity contribution in [3.05, 3.63) is 29.3 Å². The van der Waals surface area contributed by atoms with Gasteiger partial charge in [0, 0.05) is 13.1 Å². The fraction of sp³-hybridized carbons (Fsp3) is 0.538. The smallest absolute Gasteiger partial charge is 0.240 e. The van der Waals surface area contributed by atoms with E-state index in [1.165, 1.54) is 6.07 Å². The highest BCUT2D eigenvalue weighted by atomic mass is 32.2. The van der Waals surface area contributed by atoms with Crippen molar-refractivity contribution in [1.29, 1.82) is 0 Å². The molecule has 1 heterocycles. The maximum atomic E-state index is 12.3. The molecule has 1 aromatic carbocycles. The van der Waals surface area contributed by atoms with Crippen molar-refractivity contribution in [3.63, 3.8) is 0 Å². The summed E-state index contributed by atoms with van der Waals surface area (Å²) in [7, 11) is -6.65. The third-order valence-electron chi connectivity index (χ3n) is 3.79. The Balaban J connectivity index is 2.13. The molecule has 2 rings (SSSR count). The Bertz CT molecular complexity index is 727. The zero-order valence-corrected chi connectivity index (χ0v) is 13.5. The van der Waals surface area contributed by atoms with Gasteiger partial charge < -0.3 is 5.73 Å². The Hall–Kier alpha value is -0.960. The molecule has 6 nitrogen and oxygen atoms in total. The first-order valence-electron chi connectivity index (χ1n) is 6.74. The molecule has 0 radical (unpaired) electrons. The molecule has 0 aliphatic carbocycles. The highest BCUT2D eigenvalue weighted by molar-refractivity contribution is 7.91. The second-order valence-electron chi connectivity index (χ2n) is 5.37. The largest absolute Gasteiger partial charge is 0.326 e. The Morgan fingerprint density at radius 3 is 2.67 bits per heavy atom. The Morgan fingerprint density at radius 2 is 2.10 bits per heavy atom. The summed E-state index contributed by atoms with van der Waals surface area (Å²) in [6.45, 7) is 2.14. The lowest BCUT2D eigenvalue weighted by Crippen LogP contribution is -2.30. The molecule has 0 aromatic heterocycles. The number of nitrogens with two attached hydrogens (primary N) is 1. The monoisotopic (exact) mass is 332 g/mol. The van der Waals surface area contributed by atoms with Crippen molar-refractivity contribution in [3.8, 4) is 0 Å². The fourth-order valence-electron chi connectivity index (χ4n) is 2.51. The molecule has 21 heavy (non-hydrogen) atoms. The SMILES string of the molecule is Cc1c(CN)cccc1S(=O)(=O)NCC1CCS(=O)(=O)C1. The van der Waals surface area contributed by atoms with E-state index in [2.05, 4.69) is 4.72 Å². The molecule has 8 heteroatoms. The second-order valence-corrected chi connectivity index (χ2v) is 9.33. The van der Waals surface area contributed by atoms with E-state index >= 15 is 0 Å². The number of benzene rings is 1. The van der Waals surface area contributed by atoms with Crippen molar-refractivity contribution in [2.45, 2.75) is 24.8 Å². The van der Waals surface area contributed by atoms with Gasteiger partial charge in [-0.15, -0.1) is 0 Å². The van der Waals surface area contributed by atoms with Gasteiger partial charge in [0.2, 0.25) is 10.0 Å². The molecule has 0 spiro atoms. The molecule has 1 unspecified atom stereocenters. The lowest BCUT2D eigenvalue weighted by Gasteiger charge is -2.13. The molecule has 1 atom stereocenters. The molecular weight excluding hydrogens is 312 g/mol. The number of sulfone groups is 1. The zero-order chi connectivity index (χ0) is 15.7. The average molecular weight is 332 g/mol. The summed E-state index contributed by atoms with van der Waals surface area (Å²) < 4.78 is 50.0. The van der Waals surface area contributed by atoms with Crippen LogP contribution >= 0.6 is 0 Å². The van der Waals surface area contributed by atoms with Crippen LogP contribution in [-0.4, -0.2) is 34.9 Å². The molecule has 1 saturated heterocycles. The van der Waals surface area contributed by atoms with Gasteiger partial charge in [-0.2, -0.15) is 0 Å². The lowest BCUT2D eigenvalue weighted by molar-refractivity contribution is 0.542. The molecular formula is C13H20N2O4S2. The van der Waals surface area contributed by atoms with Gasteiger partial charge in [0.05, 0.1) is 16.4 Å². The molecule has 0 saturated carbocycles. The minimum absolute atomic E-state index is 0.0529. The lowest BCUT2D eigenvalue weighted by atomic mass is 10.1. The second kappa shape index (κ2) is 6.04. The molecule has 1 aromatic rings. The normalized spacial score (nSPS) is 21.5. The van der Waals surface area contributed by atoms with E-state index in [9.17, 15) is 16.8 Å². The van der Waals surface area contributed by atoms with Crippen molar-refractivity contribution >= 4 is 19.9 Å². The van der Waals surface area contributed by atoms with Crippen LogP contribution in [0.3, 0.4) is 0 Å². The van der Waals surface area contributed by atoms with Crippen molar-refractivity contribution in [2.24, 2.45) is 11.7 Å².